The van der Waals surface area contributed by atoms with Gasteiger partial charge >= 0.3 is 0 Å². The van der Waals surface area contributed by atoms with E-state index in [-0.39, 0.29) is 0 Å². The maximum absolute atomic E-state index is 3.78. The first-order chi connectivity index (χ1) is 8.67. The van der Waals surface area contributed by atoms with E-state index in [2.05, 4.69) is 39.9 Å². The minimum atomic E-state index is 0.752. The van der Waals surface area contributed by atoms with Crippen LogP contribution in [-0.4, -0.2) is 12.6 Å². The summed E-state index contributed by atoms with van der Waals surface area (Å²) in [7, 11) is 0. The fourth-order valence-corrected chi connectivity index (χ4v) is 2.65. The van der Waals surface area contributed by atoms with E-state index in [4.69, 9.17) is 0 Å². The maximum Gasteiger partial charge on any atom is 0.00722 e. The summed E-state index contributed by atoms with van der Waals surface area (Å²) in [4.78, 5) is 0. The van der Waals surface area contributed by atoms with Gasteiger partial charge in [0, 0.05) is 6.04 Å². The Hall–Kier alpha value is -0.0400. The first-order valence-corrected chi connectivity index (χ1v) is 8.41. The van der Waals surface area contributed by atoms with Crippen molar-refractivity contribution in [3.05, 3.63) is 0 Å². The first kappa shape index (κ1) is 18.0. The Bertz CT molecular complexity index is 167. The lowest BCUT2D eigenvalue weighted by Gasteiger charge is -2.26. The monoisotopic (exact) mass is 255 g/mol. The van der Waals surface area contributed by atoms with Crippen LogP contribution in [0.5, 0.6) is 0 Å². The van der Waals surface area contributed by atoms with Crippen molar-refractivity contribution in [2.24, 2.45) is 11.8 Å². The molecule has 0 aromatic rings. The Morgan fingerprint density at radius 2 is 1.61 bits per heavy atom. The first-order valence-electron chi connectivity index (χ1n) is 8.41. The standard InChI is InChI=1S/C17H37N/c1-6-10-11-16(9-4)14-17(18-12-7-2)13-15(5)8-3/h15-18H,6-14H2,1-5H3. The van der Waals surface area contributed by atoms with Crippen LogP contribution >= 0.6 is 0 Å². The zero-order valence-corrected chi connectivity index (χ0v) is 13.6. The van der Waals surface area contributed by atoms with Gasteiger partial charge in [0.15, 0.2) is 0 Å². The molecule has 0 heterocycles. The Labute approximate surface area is 116 Å². The Morgan fingerprint density at radius 1 is 0.889 bits per heavy atom. The second-order valence-corrected chi connectivity index (χ2v) is 6.05. The zero-order chi connectivity index (χ0) is 13.8. The average Bonchev–Trinajstić information content (AvgIpc) is 2.40. The average molecular weight is 255 g/mol. The van der Waals surface area contributed by atoms with Gasteiger partial charge < -0.3 is 5.32 Å². The van der Waals surface area contributed by atoms with Gasteiger partial charge in [-0.25, -0.2) is 0 Å². The van der Waals surface area contributed by atoms with Crippen LogP contribution in [0.2, 0.25) is 0 Å². The summed E-state index contributed by atoms with van der Waals surface area (Å²) in [5, 5.41) is 3.78. The van der Waals surface area contributed by atoms with Crippen LogP contribution in [0.15, 0.2) is 0 Å². The quantitative estimate of drug-likeness (QED) is 0.492. The van der Waals surface area contributed by atoms with Gasteiger partial charge in [0.25, 0.3) is 0 Å². The predicted octanol–water partition coefficient (Wildman–Crippen LogP) is 5.40. The van der Waals surface area contributed by atoms with Crippen molar-refractivity contribution in [3.63, 3.8) is 0 Å². The zero-order valence-electron chi connectivity index (χ0n) is 13.6. The normalized spacial score (nSPS) is 16.5. The second-order valence-electron chi connectivity index (χ2n) is 6.05. The molecule has 1 heteroatoms. The van der Waals surface area contributed by atoms with E-state index in [1.807, 2.05) is 0 Å². The van der Waals surface area contributed by atoms with E-state index in [1.165, 1.54) is 57.9 Å². The second kappa shape index (κ2) is 12.0. The van der Waals surface area contributed by atoms with Gasteiger partial charge in [-0.2, -0.15) is 0 Å². The molecule has 1 N–H and O–H groups in total. The lowest BCUT2D eigenvalue weighted by Crippen LogP contribution is -2.33. The SMILES string of the molecule is CCCCC(CC)CC(CC(C)CC)NCCC. The van der Waals surface area contributed by atoms with Gasteiger partial charge in [-0.05, 0) is 37.6 Å². The fraction of sp³-hybridized carbons (Fsp3) is 1.00. The molecule has 0 aliphatic carbocycles. The third-order valence-electron chi connectivity index (χ3n) is 4.23. The van der Waals surface area contributed by atoms with Crippen molar-refractivity contribution in [2.75, 3.05) is 6.54 Å². The van der Waals surface area contributed by atoms with Crippen molar-refractivity contribution in [2.45, 2.75) is 92.0 Å². The molecular formula is C17H37N. The van der Waals surface area contributed by atoms with Gasteiger partial charge in [0.1, 0.15) is 0 Å². The molecule has 0 fully saturated rings. The molecular weight excluding hydrogens is 218 g/mol. The summed E-state index contributed by atoms with van der Waals surface area (Å²) < 4.78 is 0. The molecule has 0 spiro atoms. The number of hydrogen-bond donors (Lipinski definition) is 1. The molecule has 0 aromatic carbocycles. The molecule has 0 rings (SSSR count). The smallest absolute Gasteiger partial charge is 0.00722 e. The van der Waals surface area contributed by atoms with Gasteiger partial charge in [0.05, 0.1) is 0 Å². The largest absolute Gasteiger partial charge is 0.314 e. The number of nitrogens with one attached hydrogen (secondary N) is 1. The Balaban J connectivity index is 4.16. The maximum atomic E-state index is 3.78. The number of hydrogen-bond acceptors (Lipinski definition) is 1. The van der Waals surface area contributed by atoms with E-state index in [0.717, 1.165) is 17.9 Å². The summed E-state index contributed by atoms with van der Waals surface area (Å²) in [6.07, 6.45) is 10.8. The summed E-state index contributed by atoms with van der Waals surface area (Å²) in [5.74, 6) is 1.80. The molecule has 0 amide bonds. The van der Waals surface area contributed by atoms with Gasteiger partial charge in [0.2, 0.25) is 0 Å². The molecule has 0 radical (unpaired) electrons. The van der Waals surface area contributed by atoms with Gasteiger partial charge in [-0.15, -0.1) is 0 Å². The highest BCUT2D eigenvalue weighted by Gasteiger charge is 2.16. The van der Waals surface area contributed by atoms with Crippen molar-refractivity contribution in [1.29, 1.82) is 0 Å². The van der Waals surface area contributed by atoms with Crippen molar-refractivity contribution < 1.29 is 0 Å². The fourth-order valence-electron chi connectivity index (χ4n) is 2.65. The molecule has 3 unspecified atom stereocenters. The molecule has 18 heavy (non-hydrogen) atoms. The molecule has 1 nitrogen and oxygen atoms in total. The molecule has 0 aliphatic heterocycles. The lowest BCUT2D eigenvalue weighted by atomic mass is 9.88. The van der Waals surface area contributed by atoms with Crippen molar-refractivity contribution >= 4 is 0 Å². The van der Waals surface area contributed by atoms with E-state index in [0.29, 0.717) is 0 Å². The predicted molar refractivity (Wildman–Crippen MR) is 84.1 cm³/mol. The third-order valence-corrected chi connectivity index (χ3v) is 4.23. The van der Waals surface area contributed by atoms with Gasteiger partial charge in [-0.1, -0.05) is 66.7 Å². The van der Waals surface area contributed by atoms with E-state index in [1.54, 1.807) is 0 Å². The van der Waals surface area contributed by atoms with Crippen molar-refractivity contribution in [1.82, 2.24) is 5.32 Å². The summed E-state index contributed by atoms with van der Waals surface area (Å²) in [5.41, 5.74) is 0. The molecule has 0 aliphatic rings. The van der Waals surface area contributed by atoms with Crippen molar-refractivity contribution in [3.8, 4) is 0 Å². The Kier molecular flexibility index (Phi) is 12.0. The van der Waals surface area contributed by atoms with Crippen LogP contribution in [-0.2, 0) is 0 Å². The molecule has 0 saturated heterocycles. The molecule has 0 aromatic heterocycles. The highest BCUT2D eigenvalue weighted by Crippen LogP contribution is 2.22. The van der Waals surface area contributed by atoms with Crippen LogP contribution in [0.4, 0.5) is 0 Å². The molecule has 0 bridgehead atoms. The topological polar surface area (TPSA) is 12.0 Å². The molecule has 3 atom stereocenters. The third kappa shape index (κ3) is 8.97. The van der Waals surface area contributed by atoms with Crippen LogP contribution < -0.4 is 5.32 Å². The highest BCUT2D eigenvalue weighted by molar-refractivity contribution is 4.73. The van der Waals surface area contributed by atoms with Crippen LogP contribution in [0, 0.1) is 11.8 Å². The van der Waals surface area contributed by atoms with E-state index >= 15 is 0 Å². The van der Waals surface area contributed by atoms with Crippen LogP contribution in [0.1, 0.15) is 86.0 Å². The van der Waals surface area contributed by atoms with E-state index < -0.39 is 0 Å². The summed E-state index contributed by atoms with van der Waals surface area (Å²) >= 11 is 0. The number of unbranched alkanes of at least 4 members (excludes halogenated alkanes) is 1. The van der Waals surface area contributed by atoms with Gasteiger partial charge in [-0.3, -0.25) is 0 Å². The molecule has 110 valence electrons. The number of rotatable bonds is 12. The van der Waals surface area contributed by atoms with Crippen LogP contribution in [0.25, 0.3) is 0 Å². The highest BCUT2D eigenvalue weighted by atomic mass is 14.9. The Morgan fingerprint density at radius 3 is 2.11 bits per heavy atom. The van der Waals surface area contributed by atoms with E-state index in [9.17, 15) is 0 Å². The lowest BCUT2D eigenvalue weighted by molar-refractivity contribution is 0.307. The summed E-state index contributed by atoms with van der Waals surface area (Å²) in [6, 6.07) is 0.752. The van der Waals surface area contributed by atoms with Crippen LogP contribution in [0.3, 0.4) is 0 Å². The minimum absolute atomic E-state index is 0.752. The molecule has 0 saturated carbocycles. The minimum Gasteiger partial charge on any atom is -0.314 e. The summed E-state index contributed by atoms with van der Waals surface area (Å²) in [6.45, 7) is 12.8.